The molecule has 0 amide bonds. The number of rotatable bonds is 3. The van der Waals surface area contributed by atoms with Gasteiger partial charge in [0.2, 0.25) is 0 Å². The van der Waals surface area contributed by atoms with Gasteiger partial charge in [0.05, 0.1) is 0 Å². The van der Waals surface area contributed by atoms with Crippen molar-refractivity contribution >= 4 is 16.9 Å². The SMILES string of the molecule is CC=C(C)C(=O)OC(C)(C)[C@@H]1Cc2cc3ccc(=O)oc3cc2O1. The van der Waals surface area contributed by atoms with Gasteiger partial charge in [-0.25, -0.2) is 9.59 Å². The maximum atomic E-state index is 12.1. The quantitative estimate of drug-likeness (QED) is 0.491. The van der Waals surface area contributed by atoms with Crippen molar-refractivity contribution < 1.29 is 18.7 Å². The highest BCUT2D eigenvalue weighted by atomic mass is 16.6. The highest BCUT2D eigenvalue weighted by molar-refractivity contribution is 5.88. The van der Waals surface area contributed by atoms with Crippen LogP contribution in [-0.2, 0) is 16.0 Å². The summed E-state index contributed by atoms with van der Waals surface area (Å²) >= 11 is 0. The second-order valence-electron chi connectivity index (χ2n) is 6.53. The van der Waals surface area contributed by atoms with Crippen LogP contribution in [-0.4, -0.2) is 17.7 Å². The number of ether oxygens (including phenoxy) is 2. The minimum atomic E-state index is -0.784. The lowest BCUT2D eigenvalue weighted by atomic mass is 9.96. The molecule has 0 N–H and O–H groups in total. The van der Waals surface area contributed by atoms with Crippen molar-refractivity contribution in [1.29, 1.82) is 0 Å². The summed E-state index contributed by atoms with van der Waals surface area (Å²) in [4.78, 5) is 23.4. The fourth-order valence-corrected chi connectivity index (χ4v) is 2.70. The predicted molar refractivity (Wildman–Crippen MR) is 90.2 cm³/mol. The molecule has 24 heavy (non-hydrogen) atoms. The van der Waals surface area contributed by atoms with Gasteiger partial charge < -0.3 is 13.9 Å². The van der Waals surface area contributed by atoms with Crippen LogP contribution in [0.1, 0.15) is 33.3 Å². The van der Waals surface area contributed by atoms with Gasteiger partial charge in [-0.15, -0.1) is 0 Å². The van der Waals surface area contributed by atoms with E-state index < -0.39 is 11.2 Å². The molecule has 0 radical (unpaired) electrons. The molecule has 3 rings (SSSR count). The average Bonchev–Trinajstić information content (AvgIpc) is 2.95. The maximum Gasteiger partial charge on any atom is 0.336 e. The lowest BCUT2D eigenvalue weighted by Gasteiger charge is -2.30. The summed E-state index contributed by atoms with van der Waals surface area (Å²) in [6.07, 6.45) is 2.04. The smallest absolute Gasteiger partial charge is 0.336 e. The molecule has 2 heterocycles. The number of esters is 1. The van der Waals surface area contributed by atoms with Gasteiger partial charge >= 0.3 is 11.6 Å². The lowest BCUT2D eigenvalue weighted by molar-refractivity contribution is -0.159. The van der Waals surface area contributed by atoms with Gasteiger partial charge in [0.25, 0.3) is 0 Å². The van der Waals surface area contributed by atoms with Crippen molar-refractivity contribution in [1.82, 2.24) is 0 Å². The Morgan fingerprint density at radius 3 is 2.79 bits per heavy atom. The molecule has 1 aromatic carbocycles. The minimum absolute atomic E-state index is 0.301. The van der Waals surface area contributed by atoms with Crippen molar-refractivity contribution in [3.63, 3.8) is 0 Å². The van der Waals surface area contributed by atoms with Gasteiger partial charge in [0.1, 0.15) is 23.0 Å². The summed E-state index contributed by atoms with van der Waals surface area (Å²) < 4.78 is 16.8. The summed E-state index contributed by atoms with van der Waals surface area (Å²) in [6.45, 7) is 7.19. The molecule has 1 aliphatic heterocycles. The molecule has 5 heteroatoms. The van der Waals surface area contributed by atoms with E-state index in [1.807, 2.05) is 19.9 Å². The van der Waals surface area contributed by atoms with Crippen molar-refractivity contribution in [3.05, 3.63) is 51.9 Å². The number of benzene rings is 1. The van der Waals surface area contributed by atoms with E-state index in [2.05, 4.69) is 0 Å². The summed E-state index contributed by atoms with van der Waals surface area (Å²) in [5.74, 6) is 0.312. The van der Waals surface area contributed by atoms with Crippen LogP contribution in [0.4, 0.5) is 0 Å². The van der Waals surface area contributed by atoms with Crippen LogP contribution < -0.4 is 10.4 Å². The third-order valence-electron chi connectivity index (χ3n) is 4.36. The van der Waals surface area contributed by atoms with Gasteiger partial charge in [0.15, 0.2) is 0 Å². The Morgan fingerprint density at radius 1 is 1.33 bits per heavy atom. The van der Waals surface area contributed by atoms with Gasteiger partial charge in [-0.1, -0.05) is 6.08 Å². The second kappa shape index (κ2) is 5.82. The first-order valence-electron chi connectivity index (χ1n) is 7.90. The molecule has 1 aliphatic rings. The number of carbonyl (C=O) groups excluding carboxylic acids is 1. The maximum absolute atomic E-state index is 12.1. The molecule has 0 saturated carbocycles. The van der Waals surface area contributed by atoms with E-state index in [9.17, 15) is 9.59 Å². The number of hydrogen-bond acceptors (Lipinski definition) is 5. The van der Waals surface area contributed by atoms with Crippen molar-refractivity contribution in [3.8, 4) is 5.75 Å². The van der Waals surface area contributed by atoms with E-state index in [1.54, 1.807) is 32.1 Å². The number of hydrogen-bond donors (Lipinski definition) is 0. The van der Waals surface area contributed by atoms with Crippen LogP contribution >= 0.6 is 0 Å². The zero-order valence-electron chi connectivity index (χ0n) is 14.2. The summed E-state index contributed by atoms with van der Waals surface area (Å²) in [6, 6.07) is 6.80. The van der Waals surface area contributed by atoms with Crippen LogP contribution in [0.25, 0.3) is 11.0 Å². The molecule has 0 bridgehead atoms. The number of carbonyl (C=O) groups is 1. The molecule has 1 aromatic heterocycles. The molecule has 1 atom stereocenters. The standard InChI is InChI=1S/C19H20O5/c1-5-11(2)18(21)24-19(3,4)16-9-13-8-12-6-7-17(20)23-14(12)10-15(13)22-16/h5-8,10,16H,9H2,1-4H3/t16-/m0/s1. The summed E-state index contributed by atoms with van der Waals surface area (Å²) in [7, 11) is 0. The Bertz CT molecular complexity index is 888. The van der Waals surface area contributed by atoms with Crippen LogP contribution in [0.5, 0.6) is 5.75 Å². The fourth-order valence-electron chi connectivity index (χ4n) is 2.70. The predicted octanol–water partition coefficient (Wildman–Crippen LogP) is 3.38. The van der Waals surface area contributed by atoms with Crippen LogP contribution in [0.15, 0.2) is 45.1 Å². The first kappa shape index (κ1) is 16.3. The monoisotopic (exact) mass is 328 g/mol. The van der Waals surface area contributed by atoms with Crippen molar-refractivity contribution in [2.75, 3.05) is 0 Å². The molecule has 0 saturated heterocycles. The van der Waals surface area contributed by atoms with E-state index >= 15 is 0 Å². The molecular weight excluding hydrogens is 308 g/mol. The topological polar surface area (TPSA) is 65.7 Å². The molecule has 5 nitrogen and oxygen atoms in total. The number of allylic oxidation sites excluding steroid dienone is 1. The van der Waals surface area contributed by atoms with Crippen molar-refractivity contribution in [2.24, 2.45) is 0 Å². The molecule has 0 aliphatic carbocycles. The van der Waals surface area contributed by atoms with E-state index in [4.69, 9.17) is 13.9 Å². The third kappa shape index (κ3) is 2.94. The molecular formula is C19H20O5. The third-order valence-corrected chi connectivity index (χ3v) is 4.36. The molecule has 0 fully saturated rings. The van der Waals surface area contributed by atoms with Gasteiger partial charge in [-0.3, -0.25) is 0 Å². The zero-order chi connectivity index (χ0) is 17.5. The normalized spacial score (nSPS) is 17.5. The van der Waals surface area contributed by atoms with Crippen LogP contribution in [0.2, 0.25) is 0 Å². The Hall–Kier alpha value is -2.56. The summed E-state index contributed by atoms with van der Waals surface area (Å²) in [5.41, 5.74) is 0.877. The fraction of sp³-hybridized carbons (Fsp3) is 0.368. The van der Waals surface area contributed by atoms with Crippen molar-refractivity contribution in [2.45, 2.75) is 45.8 Å². The lowest BCUT2D eigenvalue weighted by Crippen LogP contribution is -2.43. The average molecular weight is 328 g/mol. The van der Waals surface area contributed by atoms with E-state index in [0.717, 1.165) is 10.9 Å². The van der Waals surface area contributed by atoms with Gasteiger partial charge in [-0.2, -0.15) is 0 Å². The van der Waals surface area contributed by atoms with Crippen LogP contribution in [0, 0.1) is 0 Å². The Labute approximate surface area is 139 Å². The molecule has 126 valence electrons. The first-order chi connectivity index (χ1) is 11.3. The minimum Gasteiger partial charge on any atom is -0.485 e. The first-order valence-corrected chi connectivity index (χ1v) is 7.90. The largest absolute Gasteiger partial charge is 0.485 e. The van der Waals surface area contributed by atoms with E-state index in [-0.39, 0.29) is 12.1 Å². The Morgan fingerprint density at radius 2 is 2.08 bits per heavy atom. The summed E-state index contributed by atoms with van der Waals surface area (Å²) in [5, 5.41) is 0.845. The Kier molecular flexibility index (Phi) is 3.95. The molecule has 2 aromatic rings. The van der Waals surface area contributed by atoms with Gasteiger partial charge in [0, 0.05) is 29.5 Å². The zero-order valence-corrected chi connectivity index (χ0v) is 14.2. The van der Waals surface area contributed by atoms with Gasteiger partial charge in [-0.05, 0) is 45.4 Å². The highest BCUT2D eigenvalue weighted by Crippen LogP contribution is 2.37. The van der Waals surface area contributed by atoms with E-state index in [1.165, 1.54) is 6.07 Å². The van der Waals surface area contributed by atoms with Crippen LogP contribution in [0.3, 0.4) is 0 Å². The second-order valence-corrected chi connectivity index (χ2v) is 6.53. The molecule has 0 spiro atoms. The number of fused-ring (bicyclic) bond motifs is 2. The van der Waals surface area contributed by atoms with E-state index in [0.29, 0.717) is 23.3 Å². The molecule has 0 unspecified atom stereocenters. The highest BCUT2D eigenvalue weighted by Gasteiger charge is 2.40. The Balaban J connectivity index is 1.86.